The number of carbonyl (C=O) groups is 1. The minimum Gasteiger partial charge on any atom is -0.377 e. The fourth-order valence-electron chi connectivity index (χ4n) is 4.37. The van der Waals surface area contributed by atoms with E-state index in [1.165, 1.54) is 5.38 Å². The number of nitrogens with one attached hydrogen (secondary N) is 2. The van der Waals surface area contributed by atoms with E-state index in [-0.39, 0.29) is 32.8 Å². The van der Waals surface area contributed by atoms with Crippen LogP contribution in [0.2, 0.25) is 5.02 Å². The molecule has 2 heterocycles. The lowest BCUT2D eigenvalue weighted by molar-refractivity contribution is 0.0930. The molecule has 188 valence electrons. The van der Waals surface area contributed by atoms with E-state index in [0.29, 0.717) is 0 Å². The summed E-state index contributed by atoms with van der Waals surface area (Å²) in [6.07, 6.45) is 3.42. The number of hydrogen-bond donors (Lipinski definition) is 2. The smallest absolute Gasteiger partial charge is 0.263 e. The standard InChI is InChI=1S/C25H31ClN4O3S2/c1-15(2)35(32,33)21-14-34-24(23(21)26)25(31)28-17-11-9-16(10-12-17)27-22-13-20(30(3)4)18-7-5-6-8-19(18)29-22/h5-8,13-17H,9-12H2,1-4H3,(H,27,29)(H,28,31)/t16-,17+. The van der Waals surface area contributed by atoms with E-state index in [2.05, 4.69) is 27.7 Å². The van der Waals surface area contributed by atoms with Crippen molar-refractivity contribution in [1.82, 2.24) is 10.3 Å². The summed E-state index contributed by atoms with van der Waals surface area (Å²) >= 11 is 7.38. The molecule has 1 fully saturated rings. The Morgan fingerprint density at radius 3 is 2.46 bits per heavy atom. The Labute approximate surface area is 215 Å². The SMILES string of the molecule is CC(C)S(=O)(=O)c1csc(C(=O)N[C@H]2CC[C@@H](Nc3cc(N(C)C)c4ccccc4n3)CC2)c1Cl. The van der Waals surface area contributed by atoms with Crippen molar-refractivity contribution in [2.45, 2.75) is 61.8 Å². The van der Waals surface area contributed by atoms with Gasteiger partial charge in [0.2, 0.25) is 0 Å². The fourth-order valence-corrected chi connectivity index (χ4v) is 7.36. The molecule has 0 radical (unpaired) electrons. The van der Waals surface area contributed by atoms with Crippen LogP contribution in [0.3, 0.4) is 0 Å². The van der Waals surface area contributed by atoms with Crippen LogP contribution in [-0.2, 0) is 9.84 Å². The lowest BCUT2D eigenvalue weighted by Crippen LogP contribution is -2.40. The summed E-state index contributed by atoms with van der Waals surface area (Å²) in [4.78, 5) is 20.0. The van der Waals surface area contributed by atoms with Crippen molar-refractivity contribution in [2.75, 3.05) is 24.3 Å². The van der Waals surface area contributed by atoms with Gasteiger partial charge in [-0.1, -0.05) is 29.8 Å². The molecule has 4 rings (SSSR count). The van der Waals surface area contributed by atoms with E-state index in [1.807, 2.05) is 32.3 Å². The van der Waals surface area contributed by atoms with Crippen molar-refractivity contribution in [3.05, 3.63) is 45.6 Å². The van der Waals surface area contributed by atoms with Crippen molar-refractivity contribution < 1.29 is 13.2 Å². The first-order chi connectivity index (χ1) is 16.6. The first kappa shape index (κ1) is 25.7. The number of aromatic nitrogens is 1. The molecule has 1 amide bonds. The van der Waals surface area contributed by atoms with Gasteiger partial charge in [0, 0.05) is 48.7 Å². The molecule has 0 spiro atoms. The molecule has 2 N–H and O–H groups in total. The average Bonchev–Trinajstić information content (AvgIpc) is 3.21. The summed E-state index contributed by atoms with van der Waals surface area (Å²) in [6.45, 7) is 3.20. The first-order valence-corrected chi connectivity index (χ1v) is 14.5. The highest BCUT2D eigenvalue weighted by Crippen LogP contribution is 2.34. The Hall–Kier alpha value is -2.36. The highest BCUT2D eigenvalue weighted by Gasteiger charge is 2.29. The first-order valence-electron chi connectivity index (χ1n) is 11.7. The van der Waals surface area contributed by atoms with Gasteiger partial charge in [0.15, 0.2) is 9.84 Å². The molecule has 0 aliphatic heterocycles. The third-order valence-electron chi connectivity index (χ3n) is 6.42. The number of fused-ring (bicyclic) bond motifs is 1. The highest BCUT2D eigenvalue weighted by atomic mass is 35.5. The van der Waals surface area contributed by atoms with E-state index in [1.54, 1.807) is 13.8 Å². The van der Waals surface area contributed by atoms with Gasteiger partial charge in [0.05, 0.1) is 20.7 Å². The number of sulfone groups is 1. The number of para-hydroxylation sites is 1. The number of nitrogens with zero attached hydrogens (tertiary/aromatic N) is 2. The molecule has 1 saturated carbocycles. The molecular weight excluding hydrogens is 504 g/mol. The zero-order chi connectivity index (χ0) is 25.3. The predicted molar refractivity (Wildman–Crippen MR) is 145 cm³/mol. The minimum absolute atomic E-state index is 0.0192. The van der Waals surface area contributed by atoms with Crippen molar-refractivity contribution in [3.8, 4) is 0 Å². The van der Waals surface area contributed by atoms with Crippen molar-refractivity contribution >= 4 is 61.1 Å². The van der Waals surface area contributed by atoms with Gasteiger partial charge in [0.25, 0.3) is 5.91 Å². The van der Waals surface area contributed by atoms with Gasteiger partial charge in [-0.3, -0.25) is 4.79 Å². The Morgan fingerprint density at radius 1 is 1.14 bits per heavy atom. The largest absolute Gasteiger partial charge is 0.377 e. The van der Waals surface area contributed by atoms with Gasteiger partial charge in [-0.15, -0.1) is 11.3 Å². The quantitative estimate of drug-likeness (QED) is 0.424. The molecule has 10 heteroatoms. The van der Waals surface area contributed by atoms with Crippen LogP contribution in [0.1, 0.15) is 49.2 Å². The lowest BCUT2D eigenvalue weighted by Gasteiger charge is -2.30. The molecule has 0 atom stereocenters. The van der Waals surface area contributed by atoms with Crippen LogP contribution < -0.4 is 15.5 Å². The topological polar surface area (TPSA) is 91.4 Å². The zero-order valence-corrected chi connectivity index (χ0v) is 22.7. The van der Waals surface area contributed by atoms with Crippen LogP contribution >= 0.6 is 22.9 Å². The summed E-state index contributed by atoms with van der Waals surface area (Å²) in [5.74, 6) is 0.539. The van der Waals surface area contributed by atoms with Crippen LogP contribution in [0.15, 0.2) is 40.6 Å². The van der Waals surface area contributed by atoms with Crippen LogP contribution in [0, 0.1) is 0 Å². The van der Waals surface area contributed by atoms with Gasteiger partial charge in [-0.2, -0.15) is 0 Å². The molecule has 1 aromatic carbocycles. The van der Waals surface area contributed by atoms with Crippen LogP contribution in [0.25, 0.3) is 10.9 Å². The molecule has 3 aromatic rings. The lowest BCUT2D eigenvalue weighted by atomic mass is 9.91. The fraction of sp³-hybridized carbons (Fsp3) is 0.440. The Morgan fingerprint density at radius 2 is 1.80 bits per heavy atom. The number of pyridine rings is 1. The molecule has 0 bridgehead atoms. The maximum absolute atomic E-state index is 12.8. The van der Waals surface area contributed by atoms with E-state index >= 15 is 0 Å². The van der Waals surface area contributed by atoms with Crippen molar-refractivity contribution in [2.24, 2.45) is 0 Å². The molecular formula is C25H31ClN4O3S2. The number of thiophene rings is 1. The van der Waals surface area contributed by atoms with Crippen LogP contribution in [0.5, 0.6) is 0 Å². The van der Waals surface area contributed by atoms with Gasteiger partial charge in [0.1, 0.15) is 10.7 Å². The number of benzene rings is 1. The summed E-state index contributed by atoms with van der Waals surface area (Å²) in [6, 6.07) is 10.5. The molecule has 0 saturated heterocycles. The number of amides is 1. The van der Waals surface area contributed by atoms with E-state index in [4.69, 9.17) is 16.6 Å². The maximum Gasteiger partial charge on any atom is 0.263 e. The van der Waals surface area contributed by atoms with Crippen molar-refractivity contribution in [3.63, 3.8) is 0 Å². The second-order valence-corrected chi connectivity index (χ2v) is 13.2. The Bertz CT molecular complexity index is 1330. The minimum atomic E-state index is -3.53. The Balaban J connectivity index is 1.38. The molecule has 7 nitrogen and oxygen atoms in total. The third kappa shape index (κ3) is 5.42. The van der Waals surface area contributed by atoms with Gasteiger partial charge < -0.3 is 15.5 Å². The van der Waals surface area contributed by atoms with E-state index in [9.17, 15) is 13.2 Å². The number of anilines is 2. The molecule has 35 heavy (non-hydrogen) atoms. The zero-order valence-electron chi connectivity index (χ0n) is 20.3. The van der Waals surface area contributed by atoms with E-state index < -0.39 is 15.1 Å². The average molecular weight is 535 g/mol. The van der Waals surface area contributed by atoms with Crippen LogP contribution in [-0.4, -0.2) is 50.7 Å². The number of carbonyl (C=O) groups excluding carboxylic acids is 1. The third-order valence-corrected chi connectivity index (χ3v) is 10.3. The van der Waals surface area contributed by atoms with Crippen LogP contribution in [0.4, 0.5) is 11.5 Å². The number of halogens is 1. The van der Waals surface area contributed by atoms with Gasteiger partial charge >= 0.3 is 0 Å². The predicted octanol–water partition coefficient (Wildman–Crippen LogP) is 5.35. The van der Waals surface area contributed by atoms with Gasteiger partial charge in [-0.25, -0.2) is 13.4 Å². The monoisotopic (exact) mass is 534 g/mol. The van der Waals surface area contributed by atoms with E-state index in [0.717, 1.165) is 59.4 Å². The summed E-state index contributed by atoms with van der Waals surface area (Å²) in [5.41, 5.74) is 2.07. The highest BCUT2D eigenvalue weighted by molar-refractivity contribution is 7.92. The second kappa shape index (κ2) is 10.3. The molecule has 0 unspecified atom stereocenters. The molecule has 1 aliphatic rings. The summed E-state index contributed by atoms with van der Waals surface area (Å²) in [5, 5.41) is 8.63. The normalized spacial score (nSPS) is 18.6. The summed E-state index contributed by atoms with van der Waals surface area (Å²) < 4.78 is 24.9. The van der Waals surface area contributed by atoms with Gasteiger partial charge in [-0.05, 0) is 45.6 Å². The maximum atomic E-state index is 12.8. The van der Waals surface area contributed by atoms with Crippen molar-refractivity contribution in [1.29, 1.82) is 0 Å². The summed E-state index contributed by atoms with van der Waals surface area (Å²) in [7, 11) is 0.525. The number of rotatable bonds is 7. The molecule has 1 aliphatic carbocycles. The Kier molecular flexibility index (Phi) is 7.59. The second-order valence-electron chi connectivity index (χ2n) is 9.44. The number of hydrogen-bond acceptors (Lipinski definition) is 7. The molecule has 2 aromatic heterocycles.